The highest BCUT2D eigenvalue weighted by atomic mass is 16.5. The number of nitrogens with one attached hydrogen (secondary N) is 1. The smallest absolute Gasteiger partial charge is 0.251 e. The van der Waals surface area contributed by atoms with Crippen molar-refractivity contribution < 1.29 is 14.6 Å². The molecule has 0 unspecified atom stereocenters. The molecule has 0 saturated heterocycles. The molecule has 1 amide bonds. The first-order valence-corrected chi connectivity index (χ1v) is 9.19. The predicted molar refractivity (Wildman–Crippen MR) is 109 cm³/mol. The lowest BCUT2D eigenvalue weighted by Crippen LogP contribution is -2.28. The molecule has 1 atom stereocenters. The largest absolute Gasteiger partial charge is 0.496 e. The number of carbonyl (C=O) groups excluding carboxylic acids is 1. The fraction of sp³-hybridized carbons (Fsp3) is 0.227. The minimum absolute atomic E-state index is 0.0185. The number of nitrogens with zero attached hydrogens (tertiary/aromatic N) is 2. The Balaban J connectivity index is 1.76. The van der Waals surface area contributed by atoms with Gasteiger partial charge in [0.1, 0.15) is 5.75 Å². The van der Waals surface area contributed by atoms with Crippen molar-refractivity contribution in [1.82, 2.24) is 14.9 Å². The average molecular weight is 393 g/mol. The van der Waals surface area contributed by atoms with Crippen LogP contribution in [0.25, 0.3) is 0 Å². The van der Waals surface area contributed by atoms with Crippen LogP contribution in [-0.2, 0) is 6.54 Å². The van der Waals surface area contributed by atoms with Crippen molar-refractivity contribution >= 4 is 5.91 Å². The van der Waals surface area contributed by atoms with Crippen LogP contribution in [0.3, 0.4) is 0 Å². The number of aryl methyl sites for hydroxylation is 1. The quantitative estimate of drug-likeness (QED) is 0.672. The second-order valence-electron chi connectivity index (χ2n) is 6.70. The molecule has 1 aromatic carbocycles. The number of amides is 1. The Bertz CT molecular complexity index is 1080. The molecule has 0 spiro atoms. The van der Waals surface area contributed by atoms with Crippen molar-refractivity contribution in [2.75, 3.05) is 7.11 Å². The van der Waals surface area contributed by atoms with Gasteiger partial charge in [-0.2, -0.15) is 0 Å². The summed E-state index contributed by atoms with van der Waals surface area (Å²) < 4.78 is 6.82. The Labute approximate surface area is 168 Å². The number of benzene rings is 1. The average Bonchev–Trinajstić information content (AvgIpc) is 2.72. The van der Waals surface area contributed by atoms with Gasteiger partial charge in [-0.1, -0.05) is 30.3 Å². The van der Waals surface area contributed by atoms with Crippen molar-refractivity contribution in [3.8, 4) is 11.6 Å². The summed E-state index contributed by atoms with van der Waals surface area (Å²) in [5.41, 5.74) is 1.95. The number of hydrogen-bond donors (Lipinski definition) is 2. The van der Waals surface area contributed by atoms with E-state index in [-0.39, 0.29) is 29.6 Å². The van der Waals surface area contributed by atoms with Crippen LogP contribution in [0.15, 0.2) is 59.5 Å². The maximum Gasteiger partial charge on any atom is 0.251 e. The lowest BCUT2D eigenvalue weighted by Gasteiger charge is -2.16. The van der Waals surface area contributed by atoms with Gasteiger partial charge in [-0.3, -0.25) is 9.59 Å². The molecule has 2 heterocycles. The van der Waals surface area contributed by atoms with Gasteiger partial charge in [-0.25, -0.2) is 4.98 Å². The molecule has 0 fully saturated rings. The summed E-state index contributed by atoms with van der Waals surface area (Å²) in [4.78, 5) is 29.0. The van der Waals surface area contributed by atoms with Crippen molar-refractivity contribution in [3.63, 3.8) is 0 Å². The van der Waals surface area contributed by atoms with E-state index in [1.165, 1.54) is 13.2 Å². The lowest BCUT2D eigenvalue weighted by atomic mass is 10.1. The van der Waals surface area contributed by atoms with Crippen LogP contribution < -0.4 is 15.6 Å². The molecule has 2 aromatic heterocycles. The highest BCUT2D eigenvalue weighted by Gasteiger charge is 2.15. The summed E-state index contributed by atoms with van der Waals surface area (Å²) in [5, 5.41) is 12.7. The van der Waals surface area contributed by atoms with Crippen LogP contribution in [-0.4, -0.2) is 27.7 Å². The van der Waals surface area contributed by atoms with E-state index in [1.54, 1.807) is 29.8 Å². The third-order valence-corrected chi connectivity index (χ3v) is 4.74. The number of pyridine rings is 2. The van der Waals surface area contributed by atoms with E-state index in [2.05, 4.69) is 10.3 Å². The van der Waals surface area contributed by atoms with E-state index in [0.717, 1.165) is 5.56 Å². The molecule has 3 rings (SSSR count). The van der Waals surface area contributed by atoms with Gasteiger partial charge in [-0.05, 0) is 25.5 Å². The van der Waals surface area contributed by atoms with Crippen molar-refractivity contribution in [3.05, 3.63) is 87.5 Å². The van der Waals surface area contributed by atoms with E-state index in [9.17, 15) is 14.7 Å². The number of carbonyl (C=O) groups is 1. The van der Waals surface area contributed by atoms with Gasteiger partial charge < -0.3 is 19.7 Å². The molecule has 0 radical (unpaired) electrons. The lowest BCUT2D eigenvalue weighted by molar-refractivity contribution is 0.0950. The van der Waals surface area contributed by atoms with E-state index >= 15 is 0 Å². The van der Waals surface area contributed by atoms with Crippen LogP contribution in [0.1, 0.15) is 40.1 Å². The van der Waals surface area contributed by atoms with Gasteiger partial charge in [0.15, 0.2) is 0 Å². The molecule has 7 nitrogen and oxygen atoms in total. The first kappa shape index (κ1) is 20.1. The first-order valence-electron chi connectivity index (χ1n) is 9.19. The van der Waals surface area contributed by atoms with Crippen LogP contribution in [0.2, 0.25) is 0 Å². The Morgan fingerprint density at radius 3 is 2.62 bits per heavy atom. The SMILES string of the molecule is COc1cc(C)nc(O)c1CNC(=O)c1ccn([C@@H](C)c2ccccc2)c(=O)c1. The van der Waals surface area contributed by atoms with E-state index in [1.807, 2.05) is 37.3 Å². The maximum atomic E-state index is 12.5. The standard InChI is InChI=1S/C22H23N3O4/c1-14-11-19(29-3)18(22(28)24-14)13-23-21(27)17-9-10-25(20(26)12-17)15(2)16-7-5-4-6-8-16/h4-12,15H,13H2,1-3H3,(H,23,27)(H,24,28)/t15-/m0/s1. The number of ether oxygens (including phenoxy) is 1. The predicted octanol–water partition coefficient (Wildman–Crippen LogP) is 2.81. The van der Waals surface area contributed by atoms with Gasteiger partial charge in [0, 0.05) is 29.6 Å². The molecule has 3 aromatic rings. The van der Waals surface area contributed by atoms with Crippen molar-refractivity contribution in [2.24, 2.45) is 0 Å². The zero-order valence-electron chi connectivity index (χ0n) is 16.5. The van der Waals surface area contributed by atoms with Crippen LogP contribution in [0.4, 0.5) is 0 Å². The molecule has 0 bridgehead atoms. The fourth-order valence-electron chi connectivity index (χ4n) is 3.12. The minimum atomic E-state index is -0.427. The number of hydrogen-bond acceptors (Lipinski definition) is 5. The molecule has 2 N–H and O–H groups in total. The Morgan fingerprint density at radius 2 is 1.97 bits per heavy atom. The minimum Gasteiger partial charge on any atom is -0.496 e. The summed E-state index contributed by atoms with van der Waals surface area (Å²) in [6.07, 6.45) is 1.61. The highest BCUT2D eigenvalue weighted by Crippen LogP contribution is 2.26. The second-order valence-corrected chi connectivity index (χ2v) is 6.70. The van der Waals surface area contributed by atoms with Gasteiger partial charge in [0.05, 0.1) is 25.3 Å². The van der Waals surface area contributed by atoms with Gasteiger partial charge in [-0.15, -0.1) is 0 Å². The number of aromatic nitrogens is 2. The number of aromatic hydroxyl groups is 1. The molecular weight excluding hydrogens is 370 g/mol. The highest BCUT2D eigenvalue weighted by molar-refractivity contribution is 5.94. The summed E-state index contributed by atoms with van der Waals surface area (Å²) in [6, 6.07) is 14.1. The summed E-state index contributed by atoms with van der Waals surface area (Å²) in [6.45, 7) is 3.68. The number of rotatable bonds is 6. The Hall–Kier alpha value is -3.61. The third kappa shape index (κ3) is 4.45. The van der Waals surface area contributed by atoms with E-state index in [0.29, 0.717) is 17.0 Å². The summed E-state index contributed by atoms with van der Waals surface area (Å²) in [7, 11) is 1.48. The molecule has 0 aliphatic rings. The maximum absolute atomic E-state index is 12.5. The molecule has 150 valence electrons. The van der Waals surface area contributed by atoms with E-state index < -0.39 is 5.91 Å². The summed E-state index contributed by atoms with van der Waals surface area (Å²) >= 11 is 0. The Kier molecular flexibility index (Phi) is 5.97. The second kappa shape index (κ2) is 8.60. The fourth-order valence-corrected chi connectivity index (χ4v) is 3.12. The molecular formula is C22H23N3O4. The van der Waals surface area contributed by atoms with Gasteiger partial charge in [0.2, 0.25) is 5.88 Å². The van der Waals surface area contributed by atoms with Crippen LogP contribution in [0.5, 0.6) is 11.6 Å². The molecule has 0 saturated carbocycles. The van der Waals surface area contributed by atoms with Gasteiger partial charge in [0.25, 0.3) is 11.5 Å². The van der Waals surface area contributed by atoms with Crippen molar-refractivity contribution in [2.45, 2.75) is 26.4 Å². The monoisotopic (exact) mass is 393 g/mol. The molecule has 29 heavy (non-hydrogen) atoms. The van der Waals surface area contributed by atoms with Gasteiger partial charge >= 0.3 is 0 Å². The normalized spacial score (nSPS) is 11.7. The summed E-state index contributed by atoms with van der Waals surface area (Å²) in [5.74, 6) is -0.194. The topological polar surface area (TPSA) is 93.4 Å². The number of methoxy groups -OCH3 is 1. The molecule has 0 aliphatic carbocycles. The first-order chi connectivity index (χ1) is 13.9. The van der Waals surface area contributed by atoms with Crippen LogP contribution in [0, 0.1) is 6.92 Å². The van der Waals surface area contributed by atoms with Crippen LogP contribution >= 0.6 is 0 Å². The van der Waals surface area contributed by atoms with Crippen molar-refractivity contribution in [1.29, 1.82) is 0 Å². The van der Waals surface area contributed by atoms with E-state index in [4.69, 9.17) is 4.74 Å². The molecule has 7 heteroatoms. The third-order valence-electron chi connectivity index (χ3n) is 4.74. The zero-order valence-corrected chi connectivity index (χ0v) is 16.5. The Morgan fingerprint density at radius 1 is 1.24 bits per heavy atom. The molecule has 0 aliphatic heterocycles. The zero-order chi connectivity index (χ0) is 21.0.